The number of thioether (sulfide) groups is 1. The summed E-state index contributed by atoms with van der Waals surface area (Å²) in [5.41, 5.74) is 3.08. The van der Waals surface area contributed by atoms with E-state index >= 15 is 0 Å². The van der Waals surface area contributed by atoms with Gasteiger partial charge >= 0.3 is 0 Å². The third kappa shape index (κ3) is 5.02. The zero-order chi connectivity index (χ0) is 20.1. The molecule has 148 valence electrons. The molecule has 28 heavy (non-hydrogen) atoms. The first-order chi connectivity index (χ1) is 13.5. The fourth-order valence-electron chi connectivity index (χ4n) is 2.77. The lowest BCUT2D eigenvalue weighted by Gasteiger charge is -2.08. The molecule has 0 fully saturated rings. The maximum absolute atomic E-state index is 12.3. The molecule has 0 spiro atoms. The van der Waals surface area contributed by atoms with Crippen LogP contribution in [0.2, 0.25) is 0 Å². The molecular weight excluding hydrogens is 388 g/mol. The third-order valence-corrected chi connectivity index (χ3v) is 6.48. The number of rotatable bonds is 8. The van der Waals surface area contributed by atoms with Gasteiger partial charge in [-0.1, -0.05) is 50.2 Å². The van der Waals surface area contributed by atoms with E-state index in [1.54, 1.807) is 11.3 Å². The predicted octanol–water partition coefficient (Wildman–Crippen LogP) is 5.58. The quantitative estimate of drug-likeness (QED) is 0.489. The van der Waals surface area contributed by atoms with Crippen LogP contribution in [0.5, 0.6) is 0 Å². The van der Waals surface area contributed by atoms with Gasteiger partial charge in [0.05, 0.1) is 5.75 Å². The molecule has 3 aromatic rings. The lowest BCUT2D eigenvalue weighted by molar-refractivity contribution is -0.113. The van der Waals surface area contributed by atoms with Gasteiger partial charge in [-0.3, -0.25) is 4.79 Å². The molecule has 0 saturated carbocycles. The van der Waals surface area contributed by atoms with Crippen molar-refractivity contribution >= 4 is 34.7 Å². The Bertz CT molecular complexity index is 928. The number of thiophene rings is 1. The molecule has 0 saturated heterocycles. The molecule has 0 aliphatic carbocycles. The van der Waals surface area contributed by atoms with Crippen molar-refractivity contribution in [3.63, 3.8) is 0 Å². The molecular formula is C21H26N4OS2. The molecule has 1 aromatic carbocycles. The van der Waals surface area contributed by atoms with E-state index in [9.17, 15) is 4.79 Å². The summed E-state index contributed by atoms with van der Waals surface area (Å²) in [5, 5.41) is 14.6. The number of benzene rings is 1. The Balaban J connectivity index is 1.70. The van der Waals surface area contributed by atoms with Crippen molar-refractivity contribution in [2.24, 2.45) is 0 Å². The van der Waals surface area contributed by atoms with Crippen molar-refractivity contribution in [3.05, 3.63) is 46.2 Å². The maximum atomic E-state index is 12.3. The van der Waals surface area contributed by atoms with E-state index in [1.165, 1.54) is 22.2 Å². The molecule has 0 radical (unpaired) electrons. The largest absolute Gasteiger partial charge is 0.325 e. The average molecular weight is 415 g/mol. The molecule has 7 heteroatoms. The first-order valence-corrected chi connectivity index (χ1v) is 11.4. The Hall–Kier alpha value is -2.12. The van der Waals surface area contributed by atoms with Gasteiger partial charge in [0.25, 0.3) is 0 Å². The molecule has 1 amide bonds. The summed E-state index contributed by atoms with van der Waals surface area (Å²) < 4.78 is 2.12. The summed E-state index contributed by atoms with van der Waals surface area (Å²) in [6.45, 7) is 9.38. The third-order valence-electron chi connectivity index (χ3n) is 4.28. The highest BCUT2D eigenvalue weighted by molar-refractivity contribution is 7.99. The number of amides is 1. The summed E-state index contributed by atoms with van der Waals surface area (Å²) in [5.74, 6) is 1.64. The van der Waals surface area contributed by atoms with Crippen LogP contribution in [0.3, 0.4) is 0 Å². The van der Waals surface area contributed by atoms with Crippen molar-refractivity contribution in [2.75, 3.05) is 11.1 Å². The highest BCUT2D eigenvalue weighted by atomic mass is 32.2. The fourth-order valence-corrected chi connectivity index (χ4v) is 4.44. The number of aromatic nitrogens is 3. The monoisotopic (exact) mass is 414 g/mol. The number of hydrogen-bond acceptors (Lipinski definition) is 5. The number of nitrogens with zero attached hydrogens (tertiary/aromatic N) is 3. The van der Waals surface area contributed by atoms with Gasteiger partial charge in [0.15, 0.2) is 11.0 Å². The Morgan fingerprint density at radius 1 is 1.25 bits per heavy atom. The van der Waals surface area contributed by atoms with Crippen LogP contribution in [-0.2, 0) is 11.3 Å². The van der Waals surface area contributed by atoms with Crippen LogP contribution in [0.4, 0.5) is 5.69 Å². The molecule has 5 nitrogen and oxygen atoms in total. The van der Waals surface area contributed by atoms with E-state index < -0.39 is 0 Å². The number of nitrogens with one attached hydrogen (secondary N) is 1. The Kier molecular flexibility index (Phi) is 6.91. The van der Waals surface area contributed by atoms with Gasteiger partial charge in [0, 0.05) is 28.1 Å². The topological polar surface area (TPSA) is 59.8 Å². The van der Waals surface area contributed by atoms with Gasteiger partial charge in [-0.2, -0.15) is 0 Å². The van der Waals surface area contributed by atoms with E-state index in [1.807, 2.05) is 31.2 Å². The van der Waals surface area contributed by atoms with E-state index in [0.717, 1.165) is 35.2 Å². The minimum atomic E-state index is -0.0425. The van der Waals surface area contributed by atoms with E-state index in [0.29, 0.717) is 11.7 Å². The van der Waals surface area contributed by atoms with Gasteiger partial charge in [0.1, 0.15) is 0 Å². The summed E-state index contributed by atoms with van der Waals surface area (Å²) >= 11 is 3.18. The fraction of sp³-hybridized carbons (Fsp3) is 0.381. The summed E-state index contributed by atoms with van der Waals surface area (Å²) in [7, 11) is 0. The van der Waals surface area contributed by atoms with Crippen molar-refractivity contribution in [1.82, 2.24) is 14.8 Å². The molecule has 0 aliphatic rings. The minimum Gasteiger partial charge on any atom is -0.325 e. The molecule has 0 bridgehead atoms. The summed E-state index contributed by atoms with van der Waals surface area (Å²) in [4.78, 5) is 13.6. The predicted molar refractivity (Wildman–Crippen MR) is 118 cm³/mol. The van der Waals surface area contributed by atoms with Crippen LogP contribution in [0.15, 0.2) is 40.9 Å². The number of hydrogen-bond donors (Lipinski definition) is 1. The number of aryl methyl sites for hydroxylation is 1. The Morgan fingerprint density at radius 2 is 2.00 bits per heavy atom. The summed E-state index contributed by atoms with van der Waals surface area (Å²) in [6, 6.07) is 10.00. The number of carbonyl (C=O) groups is 1. The van der Waals surface area contributed by atoms with Crippen molar-refractivity contribution in [3.8, 4) is 11.4 Å². The highest BCUT2D eigenvalue weighted by Crippen LogP contribution is 2.31. The highest BCUT2D eigenvalue weighted by Gasteiger charge is 2.17. The van der Waals surface area contributed by atoms with Gasteiger partial charge in [-0.15, -0.1) is 21.5 Å². The van der Waals surface area contributed by atoms with Gasteiger partial charge in [-0.05, 0) is 37.5 Å². The average Bonchev–Trinajstić information content (AvgIpc) is 3.29. The van der Waals surface area contributed by atoms with Crippen LogP contribution in [0, 0.1) is 6.92 Å². The van der Waals surface area contributed by atoms with Gasteiger partial charge in [-0.25, -0.2) is 0 Å². The standard InChI is InChI=1S/C21H26N4OS2/c1-5-10-25-20(16-11-18(14(2)3)27-12-16)23-24-21(25)28-13-19(26)22-17-8-6-15(4)7-9-17/h6-9,11-12,14H,5,10,13H2,1-4H3,(H,22,26). The van der Waals surface area contributed by atoms with Gasteiger partial charge < -0.3 is 9.88 Å². The lowest BCUT2D eigenvalue weighted by atomic mass is 10.1. The van der Waals surface area contributed by atoms with Crippen LogP contribution in [0.25, 0.3) is 11.4 Å². The SMILES string of the molecule is CCCn1c(SCC(=O)Nc2ccc(C)cc2)nnc1-c1csc(C(C)C)c1. The smallest absolute Gasteiger partial charge is 0.234 e. The Morgan fingerprint density at radius 3 is 2.64 bits per heavy atom. The van der Waals surface area contributed by atoms with Crippen LogP contribution >= 0.6 is 23.1 Å². The van der Waals surface area contributed by atoms with Crippen LogP contribution in [0.1, 0.15) is 43.6 Å². The normalized spacial score (nSPS) is 11.2. The zero-order valence-corrected chi connectivity index (χ0v) is 18.4. The summed E-state index contributed by atoms with van der Waals surface area (Å²) in [6.07, 6.45) is 0.981. The molecule has 2 aromatic heterocycles. The number of carbonyl (C=O) groups excluding carboxylic acids is 1. The maximum Gasteiger partial charge on any atom is 0.234 e. The lowest BCUT2D eigenvalue weighted by Crippen LogP contribution is -2.14. The second-order valence-electron chi connectivity index (χ2n) is 7.05. The first-order valence-electron chi connectivity index (χ1n) is 9.49. The van der Waals surface area contributed by atoms with Crippen molar-refractivity contribution in [2.45, 2.75) is 51.7 Å². The molecule has 3 rings (SSSR count). The minimum absolute atomic E-state index is 0.0425. The molecule has 2 heterocycles. The molecule has 0 unspecified atom stereocenters. The van der Waals surface area contributed by atoms with E-state index in [-0.39, 0.29) is 5.91 Å². The van der Waals surface area contributed by atoms with Crippen molar-refractivity contribution in [1.29, 1.82) is 0 Å². The zero-order valence-electron chi connectivity index (χ0n) is 16.7. The van der Waals surface area contributed by atoms with Crippen LogP contribution < -0.4 is 5.32 Å². The van der Waals surface area contributed by atoms with E-state index in [2.05, 4.69) is 52.3 Å². The van der Waals surface area contributed by atoms with Crippen LogP contribution in [-0.4, -0.2) is 26.4 Å². The second kappa shape index (κ2) is 9.39. The molecule has 0 aliphatic heterocycles. The molecule has 1 N–H and O–H groups in total. The Labute approximate surface area is 174 Å². The first kappa shape index (κ1) is 20.6. The van der Waals surface area contributed by atoms with Gasteiger partial charge in [0.2, 0.25) is 5.91 Å². The molecule has 0 atom stereocenters. The van der Waals surface area contributed by atoms with E-state index in [4.69, 9.17) is 0 Å². The van der Waals surface area contributed by atoms with Crippen molar-refractivity contribution < 1.29 is 4.79 Å². The second-order valence-corrected chi connectivity index (χ2v) is 8.94. The number of anilines is 1.